The lowest BCUT2D eigenvalue weighted by atomic mass is 10.1. The van der Waals surface area contributed by atoms with E-state index in [1.807, 2.05) is 6.92 Å². The molecule has 0 aliphatic carbocycles. The fourth-order valence-electron chi connectivity index (χ4n) is 1.39. The first-order chi connectivity index (χ1) is 8.58. The second-order valence-corrected chi connectivity index (χ2v) is 3.58. The van der Waals surface area contributed by atoms with E-state index >= 15 is 0 Å². The number of hydrogen-bond donors (Lipinski definition) is 1. The molecule has 0 bridgehead atoms. The molecule has 1 aromatic carbocycles. The number of rotatable bonds is 5. The van der Waals surface area contributed by atoms with Crippen molar-refractivity contribution in [3.05, 3.63) is 23.8 Å². The zero-order valence-corrected chi connectivity index (χ0v) is 10.3. The van der Waals surface area contributed by atoms with Gasteiger partial charge in [-0.1, -0.05) is 0 Å². The fraction of sp³-hybridized carbons (Fsp3) is 0.308. The monoisotopic (exact) mass is 246 g/mol. The molecule has 0 radical (unpaired) electrons. The summed E-state index contributed by atoms with van der Waals surface area (Å²) in [5, 5.41) is 11.0. The summed E-state index contributed by atoms with van der Waals surface area (Å²) >= 11 is 0. The second kappa shape index (κ2) is 6.40. The van der Waals surface area contributed by atoms with Crippen LogP contribution in [0.4, 0.5) is 5.69 Å². The standard InChI is InChI=1S/C13H14N2O3/c1-3-18-12-5-4-10(9(2)16)8-11(12)15-13(17)6-7-14/h4-5,8H,3,6H2,1-2H3,(H,15,17). The van der Waals surface area contributed by atoms with Gasteiger partial charge in [-0.2, -0.15) is 5.26 Å². The number of benzene rings is 1. The van der Waals surface area contributed by atoms with Crippen LogP contribution >= 0.6 is 0 Å². The molecule has 0 aliphatic heterocycles. The topological polar surface area (TPSA) is 79.2 Å². The summed E-state index contributed by atoms with van der Waals surface area (Å²) in [5.74, 6) is -0.0539. The maximum atomic E-state index is 11.4. The van der Waals surface area contributed by atoms with E-state index < -0.39 is 5.91 Å². The average molecular weight is 246 g/mol. The van der Waals surface area contributed by atoms with Gasteiger partial charge in [0.2, 0.25) is 5.91 Å². The van der Waals surface area contributed by atoms with Crippen LogP contribution in [0.1, 0.15) is 30.6 Å². The lowest BCUT2D eigenvalue weighted by Gasteiger charge is -2.11. The third-order valence-corrected chi connectivity index (χ3v) is 2.20. The Bertz CT molecular complexity index is 503. The smallest absolute Gasteiger partial charge is 0.238 e. The van der Waals surface area contributed by atoms with Crippen LogP contribution in [0.2, 0.25) is 0 Å². The molecule has 1 rings (SSSR count). The van der Waals surface area contributed by atoms with Gasteiger partial charge in [-0.25, -0.2) is 0 Å². The molecule has 0 saturated carbocycles. The van der Waals surface area contributed by atoms with Gasteiger partial charge in [-0.15, -0.1) is 0 Å². The number of Topliss-reactive ketones (excluding diaryl/α,β-unsaturated/α-hetero) is 1. The van der Waals surface area contributed by atoms with Crippen LogP contribution in [0.25, 0.3) is 0 Å². The number of amides is 1. The molecular formula is C13H14N2O3. The number of nitrogens with zero attached hydrogens (tertiary/aromatic N) is 1. The lowest BCUT2D eigenvalue weighted by molar-refractivity contribution is -0.115. The van der Waals surface area contributed by atoms with E-state index in [4.69, 9.17) is 10.00 Å². The molecule has 0 spiro atoms. The highest BCUT2D eigenvalue weighted by Crippen LogP contribution is 2.26. The van der Waals surface area contributed by atoms with Crippen LogP contribution in [-0.4, -0.2) is 18.3 Å². The molecule has 18 heavy (non-hydrogen) atoms. The van der Waals surface area contributed by atoms with E-state index in [0.29, 0.717) is 23.6 Å². The minimum Gasteiger partial charge on any atom is -0.492 e. The Hall–Kier alpha value is -2.35. The minimum absolute atomic E-state index is 0.103. The molecule has 0 aromatic heterocycles. The lowest BCUT2D eigenvalue weighted by Crippen LogP contribution is -2.12. The molecule has 1 amide bonds. The highest BCUT2D eigenvalue weighted by Gasteiger charge is 2.10. The van der Waals surface area contributed by atoms with Gasteiger partial charge in [0.05, 0.1) is 18.4 Å². The molecule has 0 aliphatic rings. The SMILES string of the molecule is CCOc1ccc(C(C)=O)cc1NC(=O)CC#N. The number of ketones is 1. The fourth-order valence-corrected chi connectivity index (χ4v) is 1.39. The molecule has 5 nitrogen and oxygen atoms in total. The molecule has 1 aromatic rings. The molecule has 0 saturated heterocycles. The highest BCUT2D eigenvalue weighted by atomic mass is 16.5. The van der Waals surface area contributed by atoms with Gasteiger partial charge in [0.1, 0.15) is 12.2 Å². The Morgan fingerprint density at radius 3 is 2.72 bits per heavy atom. The molecule has 0 atom stereocenters. The first kappa shape index (κ1) is 13.7. The number of nitriles is 1. The van der Waals surface area contributed by atoms with Gasteiger partial charge >= 0.3 is 0 Å². The minimum atomic E-state index is -0.431. The molecule has 5 heteroatoms. The Morgan fingerprint density at radius 1 is 1.44 bits per heavy atom. The van der Waals surface area contributed by atoms with Crippen molar-refractivity contribution in [1.29, 1.82) is 5.26 Å². The van der Waals surface area contributed by atoms with Crippen LogP contribution in [0.3, 0.4) is 0 Å². The maximum absolute atomic E-state index is 11.4. The summed E-state index contributed by atoms with van der Waals surface area (Å²) in [5.41, 5.74) is 0.885. The summed E-state index contributed by atoms with van der Waals surface area (Å²) in [6, 6.07) is 6.56. The third kappa shape index (κ3) is 3.59. The Balaban J connectivity index is 3.03. The molecule has 1 N–H and O–H groups in total. The summed E-state index contributed by atoms with van der Waals surface area (Å²) in [4.78, 5) is 22.6. The van der Waals surface area contributed by atoms with E-state index in [2.05, 4.69) is 5.32 Å². The van der Waals surface area contributed by atoms with Crippen molar-refractivity contribution in [3.63, 3.8) is 0 Å². The van der Waals surface area contributed by atoms with Gasteiger partial charge < -0.3 is 10.1 Å². The number of hydrogen-bond acceptors (Lipinski definition) is 4. The predicted octanol–water partition coefficient (Wildman–Crippen LogP) is 2.14. The van der Waals surface area contributed by atoms with Crippen LogP contribution in [0, 0.1) is 11.3 Å². The maximum Gasteiger partial charge on any atom is 0.238 e. The van der Waals surface area contributed by atoms with Crippen LogP contribution in [-0.2, 0) is 4.79 Å². The van der Waals surface area contributed by atoms with Gasteiger partial charge in [-0.3, -0.25) is 9.59 Å². The van der Waals surface area contributed by atoms with Crippen molar-refractivity contribution < 1.29 is 14.3 Å². The first-order valence-electron chi connectivity index (χ1n) is 5.53. The molecule has 0 heterocycles. The summed E-state index contributed by atoms with van der Waals surface area (Å²) < 4.78 is 5.34. The summed E-state index contributed by atoms with van der Waals surface area (Å²) in [6.07, 6.45) is -0.240. The van der Waals surface area contributed by atoms with Crippen molar-refractivity contribution >= 4 is 17.4 Å². The predicted molar refractivity (Wildman–Crippen MR) is 66.5 cm³/mol. The summed E-state index contributed by atoms with van der Waals surface area (Å²) in [6.45, 7) is 3.71. The van der Waals surface area contributed by atoms with Crippen molar-refractivity contribution in [2.75, 3.05) is 11.9 Å². The van der Waals surface area contributed by atoms with Gasteiger partial charge in [0.15, 0.2) is 5.78 Å². The molecule has 0 unspecified atom stereocenters. The van der Waals surface area contributed by atoms with Crippen molar-refractivity contribution in [1.82, 2.24) is 0 Å². The number of carbonyl (C=O) groups excluding carboxylic acids is 2. The zero-order valence-electron chi connectivity index (χ0n) is 10.3. The van der Waals surface area contributed by atoms with Crippen LogP contribution in [0.5, 0.6) is 5.75 Å². The summed E-state index contributed by atoms with van der Waals surface area (Å²) in [7, 11) is 0. The number of ether oxygens (including phenoxy) is 1. The number of anilines is 1. The van der Waals surface area contributed by atoms with Gasteiger partial charge in [-0.05, 0) is 32.0 Å². The van der Waals surface area contributed by atoms with Crippen molar-refractivity contribution in [2.24, 2.45) is 0 Å². The van der Waals surface area contributed by atoms with E-state index in [1.165, 1.54) is 6.92 Å². The highest BCUT2D eigenvalue weighted by molar-refractivity contribution is 5.98. The molecular weight excluding hydrogens is 232 g/mol. The largest absolute Gasteiger partial charge is 0.492 e. The normalized spacial score (nSPS) is 9.39. The average Bonchev–Trinajstić information content (AvgIpc) is 2.31. The van der Waals surface area contributed by atoms with Crippen LogP contribution in [0.15, 0.2) is 18.2 Å². The number of nitrogens with one attached hydrogen (secondary N) is 1. The Kier molecular flexibility index (Phi) is 4.88. The van der Waals surface area contributed by atoms with Crippen molar-refractivity contribution in [2.45, 2.75) is 20.3 Å². The van der Waals surface area contributed by atoms with E-state index in [1.54, 1.807) is 24.3 Å². The van der Waals surface area contributed by atoms with E-state index in [9.17, 15) is 9.59 Å². The van der Waals surface area contributed by atoms with E-state index in [0.717, 1.165) is 0 Å². The van der Waals surface area contributed by atoms with Gasteiger partial charge in [0.25, 0.3) is 0 Å². The van der Waals surface area contributed by atoms with Crippen molar-refractivity contribution in [3.8, 4) is 11.8 Å². The Morgan fingerprint density at radius 2 is 2.17 bits per heavy atom. The van der Waals surface area contributed by atoms with Crippen LogP contribution < -0.4 is 10.1 Å². The quantitative estimate of drug-likeness (QED) is 0.807. The zero-order chi connectivity index (χ0) is 13.5. The van der Waals surface area contributed by atoms with E-state index in [-0.39, 0.29) is 12.2 Å². The Labute approximate surface area is 105 Å². The second-order valence-electron chi connectivity index (χ2n) is 3.58. The van der Waals surface area contributed by atoms with Gasteiger partial charge in [0, 0.05) is 5.56 Å². The third-order valence-electron chi connectivity index (χ3n) is 2.20. The number of carbonyl (C=O) groups is 2. The first-order valence-corrected chi connectivity index (χ1v) is 5.53. The molecule has 94 valence electrons. The molecule has 0 fully saturated rings.